The van der Waals surface area contributed by atoms with Crippen LogP contribution in [0.2, 0.25) is 0 Å². The van der Waals surface area contributed by atoms with Gasteiger partial charge in [-0.2, -0.15) is 8.78 Å². The lowest BCUT2D eigenvalue weighted by Crippen LogP contribution is -2.12. The number of aromatic nitrogens is 1. The maximum Gasteiger partial charge on any atom is 0.387 e. The smallest absolute Gasteiger partial charge is 0.387 e. The number of benzene rings is 1. The number of nitrogens with one attached hydrogen (secondary N) is 1. The maximum absolute atomic E-state index is 12.3. The van der Waals surface area contributed by atoms with Crippen LogP contribution < -0.4 is 14.8 Å². The molecule has 1 aromatic heterocycles. The Morgan fingerprint density at radius 3 is 2.70 bits per heavy atom. The van der Waals surface area contributed by atoms with E-state index in [0.29, 0.717) is 5.13 Å². The summed E-state index contributed by atoms with van der Waals surface area (Å²) in [5, 5.41) is 3.19. The third kappa shape index (κ3) is 4.16. The van der Waals surface area contributed by atoms with Crippen LogP contribution in [0.4, 0.5) is 13.9 Å². The van der Waals surface area contributed by atoms with Gasteiger partial charge in [0, 0.05) is 10.4 Å². The molecule has 0 aliphatic carbocycles. The molecule has 0 aliphatic rings. The predicted octanol–water partition coefficient (Wildman–Crippen LogP) is 3.88. The summed E-state index contributed by atoms with van der Waals surface area (Å²) in [5.41, 5.74) is 1.19. The number of alkyl halides is 2. The van der Waals surface area contributed by atoms with Gasteiger partial charge in [0.15, 0.2) is 16.6 Å². The molecule has 0 aliphatic heterocycles. The summed E-state index contributed by atoms with van der Waals surface area (Å²) in [7, 11) is 1.31. The third-order valence-electron chi connectivity index (χ3n) is 3.09. The topological polar surface area (TPSA) is 60.5 Å². The van der Waals surface area contributed by atoms with E-state index in [2.05, 4.69) is 15.0 Å². The maximum atomic E-state index is 12.3. The van der Waals surface area contributed by atoms with Crippen molar-refractivity contribution in [3.8, 4) is 11.5 Å². The van der Waals surface area contributed by atoms with Crippen LogP contribution in [0.1, 0.15) is 27.9 Å². The van der Waals surface area contributed by atoms with E-state index in [1.165, 1.54) is 36.6 Å². The van der Waals surface area contributed by atoms with Gasteiger partial charge in [-0.3, -0.25) is 10.1 Å². The molecule has 0 bridgehead atoms. The Morgan fingerprint density at radius 2 is 2.13 bits per heavy atom. The number of hydrogen-bond acceptors (Lipinski definition) is 5. The predicted molar refractivity (Wildman–Crippen MR) is 83.8 cm³/mol. The molecule has 1 amide bonds. The van der Waals surface area contributed by atoms with E-state index < -0.39 is 12.5 Å². The quantitative estimate of drug-likeness (QED) is 0.865. The monoisotopic (exact) mass is 342 g/mol. The second-order valence-electron chi connectivity index (χ2n) is 4.57. The van der Waals surface area contributed by atoms with Crippen molar-refractivity contribution in [3.63, 3.8) is 0 Å². The lowest BCUT2D eigenvalue weighted by atomic mass is 10.2. The summed E-state index contributed by atoms with van der Waals surface area (Å²) in [5.74, 6) is -0.469. The van der Waals surface area contributed by atoms with Crippen molar-refractivity contribution < 1.29 is 23.0 Å². The second kappa shape index (κ2) is 7.36. The molecule has 1 N–H and O–H groups in total. The molecule has 0 radical (unpaired) electrons. The molecule has 5 nitrogen and oxygen atoms in total. The standard InChI is InChI=1S/C15H16F2N2O3S/c1-4-10-8(2)23-15(18-10)19-13(20)9-5-6-11(22-14(16)17)12(7-9)21-3/h5-7,14H,4H2,1-3H3,(H,18,19,20). The average Bonchev–Trinajstić information content (AvgIpc) is 2.86. The molecule has 0 saturated carbocycles. The third-order valence-corrected chi connectivity index (χ3v) is 4.02. The van der Waals surface area contributed by atoms with Gasteiger partial charge in [-0.05, 0) is 31.5 Å². The molecule has 23 heavy (non-hydrogen) atoms. The summed E-state index contributed by atoms with van der Waals surface area (Å²) in [6.45, 7) is 0.959. The summed E-state index contributed by atoms with van der Waals surface area (Å²) in [6, 6.07) is 4.00. The van der Waals surface area contributed by atoms with Crippen molar-refractivity contribution in [2.45, 2.75) is 26.9 Å². The van der Waals surface area contributed by atoms with Gasteiger partial charge in [0.25, 0.3) is 5.91 Å². The van der Waals surface area contributed by atoms with Crippen LogP contribution >= 0.6 is 11.3 Å². The Labute approximate surface area is 136 Å². The van der Waals surface area contributed by atoms with Crippen LogP contribution in [0, 0.1) is 6.92 Å². The van der Waals surface area contributed by atoms with E-state index >= 15 is 0 Å². The number of methoxy groups -OCH3 is 1. The summed E-state index contributed by atoms with van der Waals surface area (Å²) in [6.07, 6.45) is 0.783. The normalized spacial score (nSPS) is 10.7. The number of amides is 1. The van der Waals surface area contributed by atoms with Crippen LogP contribution in [0.3, 0.4) is 0 Å². The van der Waals surface area contributed by atoms with Crippen molar-refractivity contribution in [1.82, 2.24) is 4.98 Å². The molecule has 0 spiro atoms. The Morgan fingerprint density at radius 1 is 1.39 bits per heavy atom. The van der Waals surface area contributed by atoms with E-state index in [9.17, 15) is 13.6 Å². The Bertz CT molecular complexity index is 704. The fourth-order valence-electron chi connectivity index (χ4n) is 1.98. The Hall–Kier alpha value is -2.22. The zero-order valence-corrected chi connectivity index (χ0v) is 13.7. The summed E-state index contributed by atoms with van der Waals surface area (Å²) in [4.78, 5) is 17.6. The number of carbonyl (C=O) groups is 1. The number of anilines is 1. The molecular formula is C15H16F2N2O3S. The molecule has 8 heteroatoms. The van der Waals surface area contributed by atoms with Gasteiger partial charge in [-0.1, -0.05) is 6.92 Å². The first-order valence-electron chi connectivity index (χ1n) is 6.85. The minimum absolute atomic E-state index is 0.0579. The minimum atomic E-state index is -2.96. The van der Waals surface area contributed by atoms with E-state index in [1.54, 1.807) is 0 Å². The van der Waals surface area contributed by atoms with E-state index in [4.69, 9.17) is 4.74 Å². The Balaban J connectivity index is 2.18. The number of halogens is 2. The molecule has 1 heterocycles. The van der Waals surface area contributed by atoms with E-state index in [0.717, 1.165) is 17.0 Å². The van der Waals surface area contributed by atoms with E-state index in [1.807, 2.05) is 13.8 Å². The first-order chi connectivity index (χ1) is 10.9. The highest BCUT2D eigenvalue weighted by atomic mass is 32.1. The number of carbonyl (C=O) groups excluding carboxylic acids is 1. The first-order valence-corrected chi connectivity index (χ1v) is 7.66. The van der Waals surface area contributed by atoms with Gasteiger partial charge in [0.05, 0.1) is 12.8 Å². The molecule has 0 saturated heterocycles. The summed E-state index contributed by atoms with van der Waals surface area (Å²) < 4.78 is 33.9. The number of hydrogen-bond donors (Lipinski definition) is 1. The number of aryl methyl sites for hydroxylation is 2. The van der Waals surface area contributed by atoms with Crippen molar-refractivity contribution in [2.24, 2.45) is 0 Å². The zero-order chi connectivity index (χ0) is 17.0. The molecule has 0 atom stereocenters. The Kier molecular flexibility index (Phi) is 5.49. The number of nitrogens with zero attached hydrogens (tertiary/aromatic N) is 1. The molecule has 2 rings (SSSR count). The van der Waals surface area contributed by atoms with Crippen molar-refractivity contribution >= 4 is 22.4 Å². The van der Waals surface area contributed by atoms with E-state index in [-0.39, 0.29) is 17.1 Å². The molecule has 124 valence electrons. The first kappa shape index (κ1) is 17.1. The average molecular weight is 342 g/mol. The highest BCUT2D eigenvalue weighted by Gasteiger charge is 2.15. The van der Waals surface area contributed by atoms with Gasteiger partial charge < -0.3 is 9.47 Å². The molecule has 1 aromatic carbocycles. The van der Waals surface area contributed by atoms with Gasteiger partial charge >= 0.3 is 6.61 Å². The van der Waals surface area contributed by atoms with Crippen molar-refractivity contribution in [2.75, 3.05) is 12.4 Å². The molecule has 0 fully saturated rings. The fourth-order valence-corrected chi connectivity index (χ4v) is 2.88. The van der Waals surface area contributed by atoms with Gasteiger partial charge in [-0.25, -0.2) is 4.98 Å². The van der Waals surface area contributed by atoms with Crippen LogP contribution in [-0.4, -0.2) is 24.6 Å². The van der Waals surface area contributed by atoms with Crippen LogP contribution in [0.15, 0.2) is 18.2 Å². The van der Waals surface area contributed by atoms with Gasteiger partial charge in [0.1, 0.15) is 0 Å². The zero-order valence-electron chi connectivity index (χ0n) is 12.9. The largest absolute Gasteiger partial charge is 0.493 e. The lowest BCUT2D eigenvalue weighted by molar-refractivity contribution is -0.0512. The molecule has 0 unspecified atom stereocenters. The fraction of sp³-hybridized carbons (Fsp3) is 0.333. The highest BCUT2D eigenvalue weighted by Crippen LogP contribution is 2.30. The number of ether oxygens (including phenoxy) is 2. The molecule has 2 aromatic rings. The SMILES string of the molecule is CCc1nc(NC(=O)c2ccc(OC(F)F)c(OC)c2)sc1C. The minimum Gasteiger partial charge on any atom is -0.493 e. The highest BCUT2D eigenvalue weighted by molar-refractivity contribution is 7.15. The lowest BCUT2D eigenvalue weighted by Gasteiger charge is -2.11. The van der Waals surface area contributed by atoms with Crippen LogP contribution in [0.25, 0.3) is 0 Å². The number of rotatable bonds is 6. The molecular weight excluding hydrogens is 326 g/mol. The van der Waals surface area contributed by atoms with Crippen molar-refractivity contribution in [1.29, 1.82) is 0 Å². The van der Waals surface area contributed by atoms with Gasteiger partial charge in [0.2, 0.25) is 0 Å². The van der Waals surface area contributed by atoms with Crippen LogP contribution in [-0.2, 0) is 6.42 Å². The van der Waals surface area contributed by atoms with Crippen molar-refractivity contribution in [3.05, 3.63) is 34.3 Å². The second-order valence-corrected chi connectivity index (χ2v) is 5.78. The summed E-state index contributed by atoms with van der Waals surface area (Å²) >= 11 is 1.39. The van der Waals surface area contributed by atoms with Gasteiger partial charge in [-0.15, -0.1) is 11.3 Å². The number of thiazole rings is 1. The van der Waals surface area contributed by atoms with Crippen LogP contribution in [0.5, 0.6) is 11.5 Å².